The fourth-order valence-electron chi connectivity index (χ4n) is 2.08. The van der Waals surface area contributed by atoms with E-state index in [1.54, 1.807) is 6.92 Å². The maximum atomic E-state index is 13.2. The highest BCUT2D eigenvalue weighted by Crippen LogP contribution is 2.28. The van der Waals surface area contributed by atoms with Crippen molar-refractivity contribution in [2.75, 3.05) is 6.61 Å². The molecule has 0 fully saturated rings. The molecule has 2 N–H and O–H groups in total. The minimum atomic E-state index is -1.17. The van der Waals surface area contributed by atoms with Crippen molar-refractivity contribution in [1.29, 1.82) is 0 Å². The van der Waals surface area contributed by atoms with Crippen LogP contribution in [0.1, 0.15) is 31.1 Å². The van der Waals surface area contributed by atoms with E-state index in [2.05, 4.69) is 0 Å². The Bertz CT molecular complexity index is 594. The first kappa shape index (κ1) is 15.5. The van der Waals surface area contributed by atoms with E-state index in [1.165, 1.54) is 25.1 Å². The van der Waals surface area contributed by atoms with Crippen molar-refractivity contribution < 1.29 is 19.3 Å². The summed E-state index contributed by atoms with van der Waals surface area (Å²) in [6.45, 7) is 3.19. The molecule has 112 valence electrons. The lowest BCUT2D eigenvalue weighted by atomic mass is 9.97. The maximum absolute atomic E-state index is 13.2. The highest BCUT2D eigenvalue weighted by Gasteiger charge is 2.24. The maximum Gasteiger partial charge on any atom is 0.125 e. The van der Waals surface area contributed by atoms with Crippen LogP contribution in [0.4, 0.5) is 4.39 Å². The number of halogens is 1. The van der Waals surface area contributed by atoms with Gasteiger partial charge in [0.1, 0.15) is 23.8 Å². The van der Waals surface area contributed by atoms with Gasteiger partial charge in [-0.2, -0.15) is 0 Å². The van der Waals surface area contributed by atoms with Crippen LogP contribution in [0.25, 0.3) is 0 Å². The summed E-state index contributed by atoms with van der Waals surface area (Å²) in [6.07, 6.45) is -0.850. The Morgan fingerprint density at radius 1 is 1.19 bits per heavy atom. The zero-order chi connectivity index (χ0) is 15.5. The second-order valence-electron chi connectivity index (χ2n) is 5.29. The summed E-state index contributed by atoms with van der Waals surface area (Å²) >= 11 is 0. The molecule has 0 heterocycles. The van der Waals surface area contributed by atoms with E-state index < -0.39 is 17.5 Å². The van der Waals surface area contributed by atoms with Crippen molar-refractivity contribution >= 4 is 0 Å². The normalized spacial score (nSPS) is 15.3. The molecule has 0 aliphatic carbocycles. The van der Waals surface area contributed by atoms with Crippen LogP contribution in [0.5, 0.6) is 5.75 Å². The topological polar surface area (TPSA) is 49.7 Å². The Hall–Kier alpha value is -1.91. The molecule has 21 heavy (non-hydrogen) atoms. The third-order valence-corrected chi connectivity index (χ3v) is 3.33. The molecule has 0 bridgehead atoms. The summed E-state index contributed by atoms with van der Waals surface area (Å²) in [5, 5.41) is 20.1. The molecule has 2 atom stereocenters. The van der Waals surface area contributed by atoms with E-state index in [9.17, 15) is 14.6 Å². The molecular formula is C17H19FO3. The van der Waals surface area contributed by atoms with E-state index in [1.807, 2.05) is 30.3 Å². The van der Waals surface area contributed by atoms with E-state index in [0.717, 1.165) is 5.56 Å². The van der Waals surface area contributed by atoms with Crippen LogP contribution in [0.2, 0.25) is 0 Å². The summed E-state index contributed by atoms with van der Waals surface area (Å²) in [7, 11) is 0. The average molecular weight is 290 g/mol. The van der Waals surface area contributed by atoms with Crippen LogP contribution in [0, 0.1) is 5.82 Å². The molecule has 2 rings (SSSR count). The van der Waals surface area contributed by atoms with Crippen LogP contribution in [-0.2, 0) is 5.60 Å². The predicted octanol–water partition coefficient (Wildman–Crippen LogP) is 3.17. The Labute approximate surface area is 123 Å². The number of aliphatic hydroxyl groups excluding tert-OH is 1. The fourth-order valence-corrected chi connectivity index (χ4v) is 2.08. The molecule has 3 nitrogen and oxygen atoms in total. The van der Waals surface area contributed by atoms with Gasteiger partial charge in [0.2, 0.25) is 0 Å². The Morgan fingerprint density at radius 3 is 2.48 bits per heavy atom. The van der Waals surface area contributed by atoms with Crippen molar-refractivity contribution in [3.05, 3.63) is 65.5 Å². The number of hydrogen-bond acceptors (Lipinski definition) is 3. The molecule has 0 radical (unpaired) electrons. The standard InChI is InChI=1S/C17H19FO3/c1-12(19)15-10-14(18)8-9-16(15)21-11-17(2,20)13-6-4-3-5-7-13/h3-10,12,19-20H,11H2,1-2H3/t12-,17?/m0/s1. The predicted molar refractivity (Wildman–Crippen MR) is 78.5 cm³/mol. The van der Waals surface area contributed by atoms with E-state index in [0.29, 0.717) is 11.3 Å². The first-order valence-electron chi connectivity index (χ1n) is 6.78. The van der Waals surface area contributed by atoms with Crippen LogP contribution < -0.4 is 4.74 Å². The lowest BCUT2D eigenvalue weighted by Gasteiger charge is -2.25. The molecule has 0 aliphatic rings. The average Bonchev–Trinajstić information content (AvgIpc) is 2.47. The van der Waals surface area contributed by atoms with Crippen LogP contribution in [0.3, 0.4) is 0 Å². The van der Waals surface area contributed by atoms with Gasteiger partial charge in [-0.3, -0.25) is 0 Å². The monoisotopic (exact) mass is 290 g/mol. The zero-order valence-electron chi connectivity index (χ0n) is 12.1. The highest BCUT2D eigenvalue weighted by molar-refractivity contribution is 5.35. The van der Waals surface area contributed by atoms with Gasteiger partial charge in [-0.15, -0.1) is 0 Å². The second kappa shape index (κ2) is 6.24. The van der Waals surface area contributed by atoms with Gasteiger partial charge in [-0.05, 0) is 37.6 Å². The molecule has 0 saturated carbocycles. The summed E-state index contributed by atoms with van der Waals surface area (Å²) < 4.78 is 18.8. The molecule has 1 unspecified atom stereocenters. The van der Waals surface area contributed by atoms with Gasteiger partial charge in [0.05, 0.1) is 6.10 Å². The second-order valence-corrected chi connectivity index (χ2v) is 5.29. The van der Waals surface area contributed by atoms with E-state index >= 15 is 0 Å². The summed E-state index contributed by atoms with van der Waals surface area (Å²) in [4.78, 5) is 0. The van der Waals surface area contributed by atoms with Crippen LogP contribution in [0.15, 0.2) is 48.5 Å². The highest BCUT2D eigenvalue weighted by atomic mass is 19.1. The SMILES string of the molecule is C[C@H](O)c1cc(F)ccc1OCC(C)(O)c1ccccc1. The van der Waals surface area contributed by atoms with Gasteiger partial charge in [0, 0.05) is 5.56 Å². The lowest BCUT2D eigenvalue weighted by Crippen LogP contribution is -2.29. The fraction of sp³-hybridized carbons (Fsp3) is 0.294. The van der Waals surface area contributed by atoms with E-state index in [4.69, 9.17) is 4.74 Å². The molecule has 0 spiro atoms. The van der Waals surface area contributed by atoms with Crippen molar-refractivity contribution in [2.45, 2.75) is 25.6 Å². The van der Waals surface area contributed by atoms with Crippen molar-refractivity contribution in [2.24, 2.45) is 0 Å². The van der Waals surface area contributed by atoms with Gasteiger partial charge in [-0.25, -0.2) is 4.39 Å². The van der Waals surface area contributed by atoms with Crippen LogP contribution in [-0.4, -0.2) is 16.8 Å². The molecule has 0 amide bonds. The van der Waals surface area contributed by atoms with Crippen molar-refractivity contribution in [3.8, 4) is 5.75 Å². The number of ether oxygens (including phenoxy) is 1. The largest absolute Gasteiger partial charge is 0.490 e. The molecule has 0 saturated heterocycles. The molecule has 0 aromatic heterocycles. The Morgan fingerprint density at radius 2 is 1.86 bits per heavy atom. The zero-order valence-corrected chi connectivity index (χ0v) is 12.1. The quantitative estimate of drug-likeness (QED) is 0.889. The first-order chi connectivity index (χ1) is 9.90. The van der Waals surface area contributed by atoms with Gasteiger partial charge < -0.3 is 14.9 Å². The third-order valence-electron chi connectivity index (χ3n) is 3.33. The summed E-state index contributed by atoms with van der Waals surface area (Å²) in [5.41, 5.74) is -0.0874. The molecule has 2 aromatic carbocycles. The minimum Gasteiger partial charge on any atom is -0.490 e. The number of hydrogen-bond donors (Lipinski definition) is 2. The third kappa shape index (κ3) is 3.80. The molecule has 2 aromatic rings. The van der Waals surface area contributed by atoms with Gasteiger partial charge >= 0.3 is 0 Å². The Balaban J connectivity index is 2.16. The minimum absolute atomic E-state index is 0.00235. The van der Waals surface area contributed by atoms with E-state index in [-0.39, 0.29) is 6.61 Å². The molecule has 4 heteroatoms. The lowest BCUT2D eigenvalue weighted by molar-refractivity contribution is 0.00654. The summed E-state index contributed by atoms with van der Waals surface area (Å²) in [5.74, 6) is -0.0734. The smallest absolute Gasteiger partial charge is 0.125 e. The molecular weight excluding hydrogens is 271 g/mol. The van der Waals surface area contributed by atoms with Crippen LogP contribution >= 0.6 is 0 Å². The van der Waals surface area contributed by atoms with Crippen molar-refractivity contribution in [1.82, 2.24) is 0 Å². The number of benzene rings is 2. The van der Waals surface area contributed by atoms with Gasteiger partial charge in [-0.1, -0.05) is 30.3 Å². The van der Waals surface area contributed by atoms with Gasteiger partial charge in [0.25, 0.3) is 0 Å². The summed E-state index contributed by atoms with van der Waals surface area (Å²) in [6, 6.07) is 13.1. The Kier molecular flexibility index (Phi) is 4.60. The molecule has 0 aliphatic heterocycles. The number of aliphatic hydroxyl groups is 2. The van der Waals surface area contributed by atoms with Gasteiger partial charge in [0.15, 0.2) is 0 Å². The first-order valence-corrected chi connectivity index (χ1v) is 6.78. The van der Waals surface area contributed by atoms with Crippen molar-refractivity contribution in [3.63, 3.8) is 0 Å². The number of rotatable bonds is 5.